The van der Waals surface area contributed by atoms with E-state index in [9.17, 15) is 4.79 Å². The molecule has 0 saturated carbocycles. The SMILES string of the molecule is CCC1(OCCCC(C)C)CCCN(C(=O)OC(C)(C)C)C1. The van der Waals surface area contributed by atoms with Crippen molar-refractivity contribution in [3.05, 3.63) is 0 Å². The second-order valence-electron chi connectivity index (χ2n) is 7.93. The number of carbonyl (C=O) groups excluding carboxylic acids is 1. The Hall–Kier alpha value is -0.770. The molecule has 0 spiro atoms. The minimum Gasteiger partial charge on any atom is -0.444 e. The molecule has 0 aromatic heterocycles. The van der Waals surface area contributed by atoms with Gasteiger partial charge in [-0.25, -0.2) is 4.79 Å². The highest BCUT2D eigenvalue weighted by atomic mass is 16.6. The Bertz CT molecular complexity index is 349. The number of ether oxygens (including phenoxy) is 2. The predicted molar refractivity (Wildman–Crippen MR) is 90.1 cm³/mol. The molecule has 0 aromatic rings. The third kappa shape index (κ3) is 6.55. The van der Waals surface area contributed by atoms with Crippen molar-refractivity contribution in [1.82, 2.24) is 4.90 Å². The quantitative estimate of drug-likeness (QED) is 0.672. The van der Waals surface area contributed by atoms with Gasteiger partial charge in [0.05, 0.1) is 12.1 Å². The first-order chi connectivity index (χ1) is 10.2. The molecule has 1 unspecified atom stereocenters. The molecule has 1 fully saturated rings. The van der Waals surface area contributed by atoms with Crippen LogP contribution in [0.5, 0.6) is 0 Å². The summed E-state index contributed by atoms with van der Waals surface area (Å²) in [5.41, 5.74) is -0.631. The van der Waals surface area contributed by atoms with Gasteiger partial charge >= 0.3 is 6.09 Å². The smallest absolute Gasteiger partial charge is 0.410 e. The van der Waals surface area contributed by atoms with Gasteiger partial charge in [-0.1, -0.05) is 20.8 Å². The van der Waals surface area contributed by atoms with Crippen molar-refractivity contribution < 1.29 is 14.3 Å². The Morgan fingerprint density at radius 3 is 2.55 bits per heavy atom. The topological polar surface area (TPSA) is 38.8 Å². The van der Waals surface area contributed by atoms with Crippen LogP contribution in [0.25, 0.3) is 0 Å². The van der Waals surface area contributed by atoms with Crippen LogP contribution < -0.4 is 0 Å². The largest absolute Gasteiger partial charge is 0.444 e. The number of hydrogen-bond acceptors (Lipinski definition) is 3. The van der Waals surface area contributed by atoms with Crippen LogP contribution in [0.3, 0.4) is 0 Å². The molecule has 130 valence electrons. The number of carbonyl (C=O) groups is 1. The van der Waals surface area contributed by atoms with Crippen LogP contribution in [-0.2, 0) is 9.47 Å². The van der Waals surface area contributed by atoms with Gasteiger partial charge in [0.25, 0.3) is 0 Å². The van der Waals surface area contributed by atoms with Gasteiger partial charge in [0.15, 0.2) is 0 Å². The van der Waals surface area contributed by atoms with Crippen molar-refractivity contribution in [2.75, 3.05) is 19.7 Å². The van der Waals surface area contributed by atoms with Crippen molar-refractivity contribution in [3.8, 4) is 0 Å². The van der Waals surface area contributed by atoms with Gasteiger partial charge < -0.3 is 14.4 Å². The highest BCUT2D eigenvalue weighted by Gasteiger charge is 2.37. The molecule has 1 atom stereocenters. The summed E-state index contributed by atoms with van der Waals surface area (Å²) in [7, 11) is 0. The van der Waals surface area contributed by atoms with Crippen LogP contribution >= 0.6 is 0 Å². The molecular formula is C18H35NO3. The molecule has 4 heteroatoms. The summed E-state index contributed by atoms with van der Waals surface area (Å²) in [6, 6.07) is 0. The molecule has 1 aliphatic rings. The fraction of sp³-hybridized carbons (Fsp3) is 0.944. The minimum atomic E-state index is -0.443. The zero-order chi connectivity index (χ0) is 16.8. The van der Waals surface area contributed by atoms with Gasteiger partial charge in [-0.3, -0.25) is 0 Å². The lowest BCUT2D eigenvalue weighted by molar-refractivity contribution is -0.0944. The molecule has 1 rings (SSSR count). The van der Waals surface area contributed by atoms with Gasteiger partial charge in [-0.05, 0) is 58.8 Å². The number of hydrogen-bond donors (Lipinski definition) is 0. The van der Waals surface area contributed by atoms with E-state index in [1.54, 1.807) is 0 Å². The molecule has 1 aliphatic heterocycles. The second kappa shape index (κ2) is 8.19. The zero-order valence-electron chi connectivity index (χ0n) is 15.4. The van der Waals surface area contributed by atoms with E-state index in [0.29, 0.717) is 12.5 Å². The first-order valence-corrected chi connectivity index (χ1v) is 8.79. The monoisotopic (exact) mass is 313 g/mol. The van der Waals surface area contributed by atoms with Crippen LogP contribution in [0, 0.1) is 5.92 Å². The van der Waals surface area contributed by atoms with E-state index in [1.807, 2.05) is 25.7 Å². The molecule has 1 saturated heterocycles. The van der Waals surface area contributed by atoms with Crippen molar-refractivity contribution >= 4 is 6.09 Å². The fourth-order valence-electron chi connectivity index (χ4n) is 2.87. The van der Waals surface area contributed by atoms with E-state index in [4.69, 9.17) is 9.47 Å². The maximum absolute atomic E-state index is 12.3. The summed E-state index contributed by atoms with van der Waals surface area (Å²) < 4.78 is 11.7. The Morgan fingerprint density at radius 1 is 1.32 bits per heavy atom. The van der Waals surface area contributed by atoms with Gasteiger partial charge in [-0.2, -0.15) is 0 Å². The summed E-state index contributed by atoms with van der Waals surface area (Å²) in [4.78, 5) is 14.1. The van der Waals surface area contributed by atoms with Gasteiger partial charge in [-0.15, -0.1) is 0 Å². The lowest BCUT2D eigenvalue weighted by Crippen LogP contribution is -2.52. The van der Waals surface area contributed by atoms with E-state index < -0.39 is 5.60 Å². The van der Waals surface area contributed by atoms with Crippen molar-refractivity contribution in [2.24, 2.45) is 5.92 Å². The molecule has 0 bridgehead atoms. The summed E-state index contributed by atoms with van der Waals surface area (Å²) in [6.45, 7) is 14.6. The summed E-state index contributed by atoms with van der Waals surface area (Å²) >= 11 is 0. The number of likely N-dealkylation sites (tertiary alicyclic amines) is 1. The molecule has 0 aliphatic carbocycles. The third-order valence-corrected chi connectivity index (χ3v) is 4.17. The number of nitrogens with zero attached hydrogens (tertiary/aromatic N) is 1. The number of rotatable bonds is 6. The third-order valence-electron chi connectivity index (χ3n) is 4.17. The Labute approximate surface area is 136 Å². The predicted octanol–water partition coefficient (Wildman–Crippen LogP) is 4.62. The first-order valence-electron chi connectivity index (χ1n) is 8.79. The number of piperidine rings is 1. The van der Waals surface area contributed by atoms with Gasteiger partial charge in [0, 0.05) is 13.2 Å². The van der Waals surface area contributed by atoms with E-state index in [-0.39, 0.29) is 11.7 Å². The average molecular weight is 313 g/mol. The van der Waals surface area contributed by atoms with E-state index in [1.165, 1.54) is 6.42 Å². The summed E-state index contributed by atoms with van der Waals surface area (Å²) in [6.07, 6.45) is 5.02. The molecule has 0 radical (unpaired) electrons. The summed E-state index contributed by atoms with van der Waals surface area (Å²) in [5, 5.41) is 0. The van der Waals surface area contributed by atoms with Crippen molar-refractivity contribution in [1.29, 1.82) is 0 Å². The molecule has 0 aromatic carbocycles. The van der Waals surface area contributed by atoms with Crippen LogP contribution in [0.4, 0.5) is 4.79 Å². The lowest BCUT2D eigenvalue weighted by atomic mass is 9.90. The number of amides is 1. The van der Waals surface area contributed by atoms with Gasteiger partial charge in [0.1, 0.15) is 5.60 Å². The molecule has 4 nitrogen and oxygen atoms in total. The van der Waals surface area contributed by atoms with E-state index in [0.717, 1.165) is 38.8 Å². The fourth-order valence-corrected chi connectivity index (χ4v) is 2.87. The average Bonchev–Trinajstić information content (AvgIpc) is 2.42. The minimum absolute atomic E-state index is 0.188. The van der Waals surface area contributed by atoms with Crippen molar-refractivity contribution in [2.45, 2.75) is 84.8 Å². The standard InChI is InChI=1S/C18H35NO3/c1-7-18(21-13-8-10-15(2)3)11-9-12-19(14-18)16(20)22-17(4,5)6/h15H,7-14H2,1-6H3. The highest BCUT2D eigenvalue weighted by molar-refractivity contribution is 5.68. The maximum Gasteiger partial charge on any atom is 0.410 e. The lowest BCUT2D eigenvalue weighted by Gasteiger charge is -2.42. The Morgan fingerprint density at radius 2 is 2.00 bits per heavy atom. The van der Waals surface area contributed by atoms with Crippen LogP contribution in [-0.4, -0.2) is 41.9 Å². The molecule has 1 amide bonds. The second-order valence-corrected chi connectivity index (χ2v) is 7.93. The van der Waals surface area contributed by atoms with Crippen LogP contribution in [0.2, 0.25) is 0 Å². The van der Waals surface area contributed by atoms with Crippen LogP contribution in [0.1, 0.15) is 73.6 Å². The van der Waals surface area contributed by atoms with E-state index >= 15 is 0 Å². The molecule has 22 heavy (non-hydrogen) atoms. The normalized spacial score (nSPS) is 23.0. The van der Waals surface area contributed by atoms with Crippen LogP contribution in [0.15, 0.2) is 0 Å². The highest BCUT2D eigenvalue weighted by Crippen LogP contribution is 2.29. The zero-order valence-corrected chi connectivity index (χ0v) is 15.4. The van der Waals surface area contributed by atoms with E-state index in [2.05, 4.69) is 20.8 Å². The molecular weight excluding hydrogens is 278 g/mol. The maximum atomic E-state index is 12.3. The Kier molecular flexibility index (Phi) is 7.17. The molecule has 1 heterocycles. The Balaban J connectivity index is 2.55. The summed E-state index contributed by atoms with van der Waals surface area (Å²) in [5.74, 6) is 0.714. The van der Waals surface area contributed by atoms with Crippen molar-refractivity contribution in [3.63, 3.8) is 0 Å². The first kappa shape index (κ1) is 19.3. The molecule has 0 N–H and O–H groups in total. The van der Waals surface area contributed by atoms with Gasteiger partial charge in [0.2, 0.25) is 0 Å².